The number of benzene rings is 10. The Morgan fingerprint density at radius 1 is 0.343 bits per heavy atom. The largest absolute Gasteiger partial charge is 0.456 e. The van der Waals surface area contributed by atoms with Crippen molar-refractivity contribution >= 4 is 97.2 Å². The van der Waals surface area contributed by atoms with Gasteiger partial charge in [0.05, 0.1) is 11.0 Å². The summed E-state index contributed by atoms with van der Waals surface area (Å²) in [6.07, 6.45) is 0. The van der Waals surface area contributed by atoms with Crippen molar-refractivity contribution in [2.45, 2.75) is 0 Å². The van der Waals surface area contributed by atoms with E-state index in [0.717, 1.165) is 104 Å². The number of rotatable bonds is 6. The number of para-hydroxylation sites is 4. The first-order chi connectivity index (χ1) is 34.7. The van der Waals surface area contributed by atoms with E-state index in [9.17, 15) is 0 Å². The third kappa shape index (κ3) is 5.95. The van der Waals surface area contributed by atoms with Crippen LogP contribution < -0.4 is 0 Å². The smallest absolute Gasteiger partial charge is 0.164 e. The molecule has 5 aromatic heterocycles. The molecule has 0 fully saturated rings. The molecule has 0 amide bonds. The van der Waals surface area contributed by atoms with E-state index in [1.807, 2.05) is 60.7 Å². The van der Waals surface area contributed by atoms with E-state index in [1.54, 1.807) is 11.3 Å². The molecule has 0 atom stereocenters. The zero-order chi connectivity index (χ0) is 45.9. The molecule has 0 aliphatic rings. The summed E-state index contributed by atoms with van der Waals surface area (Å²) in [5.41, 5.74) is 14.2. The summed E-state index contributed by atoms with van der Waals surface area (Å²) in [6, 6.07) is 76.8. The molecule has 15 rings (SSSR count). The van der Waals surface area contributed by atoms with Crippen LogP contribution in [0.5, 0.6) is 0 Å². The Balaban J connectivity index is 0.861. The first kappa shape index (κ1) is 38.9. The molecule has 0 bridgehead atoms. The van der Waals surface area contributed by atoms with Gasteiger partial charge in [0, 0.05) is 86.0 Å². The molecule has 15 aromatic rings. The van der Waals surface area contributed by atoms with E-state index in [0.29, 0.717) is 17.5 Å². The van der Waals surface area contributed by atoms with Gasteiger partial charge in [0.2, 0.25) is 0 Å². The Labute approximate surface area is 404 Å². The first-order valence-corrected chi connectivity index (χ1v) is 24.2. The van der Waals surface area contributed by atoms with Crippen molar-refractivity contribution in [1.82, 2.24) is 19.5 Å². The van der Waals surface area contributed by atoms with E-state index in [1.165, 1.54) is 26.5 Å². The van der Waals surface area contributed by atoms with Crippen molar-refractivity contribution in [2.75, 3.05) is 0 Å². The quantitative estimate of drug-likeness (QED) is 0.166. The molecule has 0 aliphatic carbocycles. The monoisotopic (exact) mass is 912 g/mol. The zero-order valence-electron chi connectivity index (χ0n) is 37.3. The van der Waals surface area contributed by atoms with Crippen LogP contribution in [0, 0.1) is 0 Å². The highest BCUT2D eigenvalue weighted by atomic mass is 32.1. The highest BCUT2D eigenvalue weighted by molar-refractivity contribution is 7.26. The van der Waals surface area contributed by atoms with Crippen molar-refractivity contribution in [1.29, 1.82) is 0 Å². The number of nitrogens with zero attached hydrogens (tertiary/aromatic N) is 4. The van der Waals surface area contributed by atoms with Gasteiger partial charge in [-0.1, -0.05) is 146 Å². The van der Waals surface area contributed by atoms with Crippen molar-refractivity contribution < 1.29 is 8.83 Å². The predicted molar refractivity (Wildman–Crippen MR) is 289 cm³/mol. The van der Waals surface area contributed by atoms with Crippen LogP contribution in [0.2, 0.25) is 0 Å². The minimum Gasteiger partial charge on any atom is -0.456 e. The Kier molecular flexibility index (Phi) is 8.43. The molecule has 0 saturated carbocycles. The normalized spacial score (nSPS) is 12.0. The summed E-state index contributed by atoms with van der Waals surface area (Å²) in [5, 5.41) is 8.97. The van der Waals surface area contributed by atoms with Gasteiger partial charge in [-0.25, -0.2) is 15.0 Å². The molecule has 0 N–H and O–H groups in total. The second-order valence-corrected chi connectivity index (χ2v) is 18.9. The molecule has 0 unspecified atom stereocenters. The average molecular weight is 913 g/mol. The second-order valence-electron chi connectivity index (χ2n) is 17.9. The zero-order valence-corrected chi connectivity index (χ0v) is 38.1. The lowest BCUT2D eigenvalue weighted by molar-refractivity contribution is 0.669. The highest BCUT2D eigenvalue weighted by Crippen LogP contribution is 2.47. The summed E-state index contributed by atoms with van der Waals surface area (Å²) in [7, 11) is 0. The summed E-state index contributed by atoms with van der Waals surface area (Å²) >= 11 is 1.79. The van der Waals surface area contributed by atoms with Crippen LogP contribution in [-0.4, -0.2) is 19.5 Å². The Hall–Kier alpha value is -9.17. The van der Waals surface area contributed by atoms with E-state index in [-0.39, 0.29) is 0 Å². The fraction of sp³-hybridized carbons (Fsp3) is 0. The molecule has 0 radical (unpaired) electrons. The molecule has 7 heteroatoms. The second kappa shape index (κ2) is 15.2. The van der Waals surface area contributed by atoms with Gasteiger partial charge in [0.15, 0.2) is 17.5 Å². The number of fused-ring (bicyclic) bond motifs is 12. The van der Waals surface area contributed by atoms with Gasteiger partial charge in [0.25, 0.3) is 0 Å². The lowest BCUT2D eigenvalue weighted by atomic mass is 9.98. The maximum absolute atomic E-state index is 6.85. The minimum absolute atomic E-state index is 0.601. The van der Waals surface area contributed by atoms with Crippen LogP contribution in [0.15, 0.2) is 227 Å². The highest BCUT2D eigenvalue weighted by Gasteiger charge is 2.22. The number of hydrogen-bond donors (Lipinski definition) is 0. The number of thiophene rings is 1. The lowest BCUT2D eigenvalue weighted by Gasteiger charge is -2.10. The van der Waals surface area contributed by atoms with Gasteiger partial charge < -0.3 is 13.4 Å². The molecule has 6 nitrogen and oxygen atoms in total. The molecule has 0 saturated heterocycles. The standard InChI is InChI=1S/C63H36N4O2S/c1-3-14-37(15-4-1)61-64-62(40-30-33-55-50(36-40)43-19-8-10-26-54(43)68-55)66-63(65-61)48-24-13-27-57-58(48)47-23-12-22-46(60(47)70-57)44-20-11-21-45-51-35-39(29-32-56(51)69-59(44)45)38-28-31-53-49(34-38)42-18-7-9-25-52(42)67(53)41-16-5-2-6-17-41/h1-36H. The van der Waals surface area contributed by atoms with Gasteiger partial charge in [0.1, 0.15) is 22.3 Å². The molecule has 0 aliphatic heterocycles. The van der Waals surface area contributed by atoms with Gasteiger partial charge in [-0.15, -0.1) is 11.3 Å². The maximum Gasteiger partial charge on any atom is 0.164 e. The molecule has 0 spiro atoms. The van der Waals surface area contributed by atoms with E-state index >= 15 is 0 Å². The third-order valence-electron chi connectivity index (χ3n) is 13.9. The van der Waals surface area contributed by atoms with Crippen molar-refractivity contribution in [3.8, 4) is 62.1 Å². The molecular weight excluding hydrogens is 877 g/mol. The first-order valence-electron chi connectivity index (χ1n) is 23.4. The maximum atomic E-state index is 6.85. The van der Waals surface area contributed by atoms with Crippen molar-refractivity contribution in [2.24, 2.45) is 0 Å². The van der Waals surface area contributed by atoms with E-state index in [4.69, 9.17) is 23.8 Å². The Morgan fingerprint density at radius 3 is 1.77 bits per heavy atom. The van der Waals surface area contributed by atoms with Crippen LogP contribution in [0.3, 0.4) is 0 Å². The summed E-state index contributed by atoms with van der Waals surface area (Å²) in [5.74, 6) is 1.84. The van der Waals surface area contributed by atoms with Gasteiger partial charge in [-0.2, -0.15) is 0 Å². The van der Waals surface area contributed by atoms with Crippen LogP contribution >= 0.6 is 11.3 Å². The van der Waals surface area contributed by atoms with Gasteiger partial charge >= 0.3 is 0 Å². The molecular formula is C63H36N4O2S. The number of aromatic nitrogens is 4. The summed E-state index contributed by atoms with van der Waals surface area (Å²) in [6.45, 7) is 0. The number of hydrogen-bond acceptors (Lipinski definition) is 6. The Bertz CT molecular complexity index is 4600. The predicted octanol–water partition coefficient (Wildman–Crippen LogP) is 17.5. The summed E-state index contributed by atoms with van der Waals surface area (Å²) < 4.78 is 17.7. The fourth-order valence-electron chi connectivity index (χ4n) is 10.7. The van der Waals surface area contributed by atoms with E-state index in [2.05, 4.69) is 162 Å². The van der Waals surface area contributed by atoms with E-state index < -0.39 is 0 Å². The van der Waals surface area contributed by atoms with Gasteiger partial charge in [-0.3, -0.25) is 0 Å². The SMILES string of the molecule is c1ccc(-c2nc(-c3ccc4oc5ccccc5c4c3)nc(-c3cccc4sc5c(-c6cccc7c6oc6ccc(-c8ccc9c(c8)c8ccccc8n9-c8ccccc8)cc67)cccc5c34)n2)cc1. The molecule has 10 aromatic carbocycles. The molecule has 5 heterocycles. The Morgan fingerprint density at radius 2 is 0.914 bits per heavy atom. The third-order valence-corrected chi connectivity index (χ3v) is 15.1. The van der Waals surface area contributed by atoms with Crippen molar-refractivity contribution in [3.63, 3.8) is 0 Å². The molecule has 326 valence electrons. The average Bonchev–Trinajstić information content (AvgIpc) is 4.20. The van der Waals surface area contributed by atoms with Crippen LogP contribution in [-0.2, 0) is 0 Å². The molecule has 70 heavy (non-hydrogen) atoms. The summed E-state index contributed by atoms with van der Waals surface area (Å²) in [4.78, 5) is 15.6. The minimum atomic E-state index is 0.601. The topological polar surface area (TPSA) is 69.9 Å². The van der Waals surface area contributed by atoms with Crippen LogP contribution in [0.25, 0.3) is 148 Å². The van der Waals surface area contributed by atoms with Gasteiger partial charge in [-0.05, 0) is 83.9 Å². The fourth-order valence-corrected chi connectivity index (χ4v) is 11.9. The van der Waals surface area contributed by atoms with Crippen LogP contribution in [0.1, 0.15) is 0 Å². The van der Waals surface area contributed by atoms with Crippen LogP contribution in [0.4, 0.5) is 0 Å². The van der Waals surface area contributed by atoms with Crippen molar-refractivity contribution in [3.05, 3.63) is 218 Å². The lowest BCUT2D eigenvalue weighted by Crippen LogP contribution is -2.00. The number of furan rings is 2.